The Labute approximate surface area is 110 Å². The maximum Gasteiger partial charge on any atom is 0.356 e. The minimum Gasteiger partial charge on any atom is -0.476 e. The van der Waals surface area contributed by atoms with Crippen LogP contribution in [0.3, 0.4) is 0 Å². The fraction of sp³-hybridized carbons (Fsp3) is 0.615. The lowest BCUT2D eigenvalue weighted by molar-refractivity contribution is -0.143. The number of fused-ring (bicyclic) bond motifs is 1. The number of aromatic nitrogens is 2. The van der Waals surface area contributed by atoms with Gasteiger partial charge in [0.1, 0.15) is 5.82 Å². The number of nitrogens with zero attached hydrogens (tertiary/aromatic N) is 2. The van der Waals surface area contributed by atoms with Crippen molar-refractivity contribution < 1.29 is 19.4 Å². The van der Waals surface area contributed by atoms with Gasteiger partial charge in [0.25, 0.3) is 0 Å². The minimum atomic E-state index is -1.06. The highest BCUT2D eigenvalue weighted by Gasteiger charge is 2.39. The van der Waals surface area contributed by atoms with Crippen molar-refractivity contribution in [1.29, 1.82) is 0 Å². The summed E-state index contributed by atoms with van der Waals surface area (Å²) < 4.78 is 6.73. The van der Waals surface area contributed by atoms with Crippen molar-refractivity contribution in [2.75, 3.05) is 7.11 Å². The molecular formula is C13H16N2O4. The third-order valence-corrected chi connectivity index (χ3v) is 3.87. The summed E-state index contributed by atoms with van der Waals surface area (Å²) in [6.07, 6.45) is 3.58. The Morgan fingerprint density at radius 3 is 2.68 bits per heavy atom. The standard InChI is InChI=1S/C13H16N2O4/c1-19-13(18)8-3-2-6-15-10(8)9(12(16)17)14-11(15)7-4-5-7/h7-8H,2-6H2,1H3,(H,16,17). The second kappa shape index (κ2) is 4.36. The van der Waals surface area contributed by atoms with Crippen LogP contribution in [0.2, 0.25) is 0 Å². The summed E-state index contributed by atoms with van der Waals surface area (Å²) in [4.78, 5) is 27.5. The predicted molar refractivity (Wildman–Crippen MR) is 65.2 cm³/mol. The summed E-state index contributed by atoms with van der Waals surface area (Å²) in [6.45, 7) is 0.745. The van der Waals surface area contributed by atoms with Crippen LogP contribution in [-0.4, -0.2) is 33.7 Å². The molecule has 1 aliphatic heterocycles. The zero-order valence-corrected chi connectivity index (χ0v) is 10.8. The third kappa shape index (κ3) is 1.91. The molecule has 1 fully saturated rings. The van der Waals surface area contributed by atoms with Gasteiger partial charge in [0.05, 0.1) is 18.7 Å². The maximum atomic E-state index is 11.8. The summed E-state index contributed by atoms with van der Waals surface area (Å²) >= 11 is 0. The van der Waals surface area contributed by atoms with E-state index in [2.05, 4.69) is 4.98 Å². The number of hydrogen-bond acceptors (Lipinski definition) is 4. The second-order valence-electron chi connectivity index (χ2n) is 5.15. The number of esters is 1. The van der Waals surface area contributed by atoms with E-state index in [4.69, 9.17) is 4.74 Å². The maximum absolute atomic E-state index is 11.8. The first kappa shape index (κ1) is 12.2. The summed E-state index contributed by atoms with van der Waals surface area (Å²) in [5.74, 6) is -0.730. The van der Waals surface area contributed by atoms with Crippen LogP contribution in [0.1, 0.15) is 59.5 Å². The Morgan fingerprint density at radius 1 is 1.37 bits per heavy atom. The van der Waals surface area contributed by atoms with Crippen LogP contribution in [0.15, 0.2) is 0 Å². The molecule has 2 heterocycles. The zero-order valence-electron chi connectivity index (χ0n) is 10.8. The average Bonchev–Trinajstić information content (AvgIpc) is 3.17. The summed E-state index contributed by atoms with van der Waals surface area (Å²) in [5.41, 5.74) is 0.560. The van der Waals surface area contributed by atoms with Crippen molar-refractivity contribution in [2.45, 2.75) is 44.1 Å². The third-order valence-electron chi connectivity index (χ3n) is 3.87. The van der Waals surface area contributed by atoms with Gasteiger partial charge in [0.15, 0.2) is 5.69 Å². The van der Waals surface area contributed by atoms with Gasteiger partial charge >= 0.3 is 11.9 Å². The summed E-state index contributed by atoms with van der Waals surface area (Å²) in [5, 5.41) is 9.30. The van der Waals surface area contributed by atoms with Crippen molar-refractivity contribution in [3.63, 3.8) is 0 Å². The quantitative estimate of drug-likeness (QED) is 0.837. The van der Waals surface area contributed by atoms with E-state index >= 15 is 0 Å². The largest absolute Gasteiger partial charge is 0.476 e. The molecule has 6 heteroatoms. The van der Waals surface area contributed by atoms with E-state index < -0.39 is 11.9 Å². The molecule has 0 saturated heterocycles. The number of carboxylic acid groups (broad SMARTS) is 1. The van der Waals surface area contributed by atoms with E-state index in [1.54, 1.807) is 0 Å². The molecule has 0 radical (unpaired) electrons. The Hall–Kier alpha value is -1.85. The lowest BCUT2D eigenvalue weighted by Gasteiger charge is -2.23. The van der Waals surface area contributed by atoms with Crippen molar-refractivity contribution in [1.82, 2.24) is 9.55 Å². The molecule has 1 aromatic heterocycles. The Bertz CT molecular complexity index is 545. The number of imidazole rings is 1. The second-order valence-corrected chi connectivity index (χ2v) is 5.15. The number of carboxylic acids is 1. The van der Waals surface area contributed by atoms with Crippen LogP contribution in [0, 0.1) is 0 Å². The molecule has 1 aliphatic carbocycles. The van der Waals surface area contributed by atoms with Gasteiger partial charge in [-0.25, -0.2) is 9.78 Å². The van der Waals surface area contributed by atoms with E-state index in [9.17, 15) is 14.7 Å². The molecule has 0 bridgehead atoms. The normalized spacial score (nSPS) is 21.8. The highest BCUT2D eigenvalue weighted by atomic mass is 16.5. The predicted octanol–water partition coefficient (Wildman–Crippen LogP) is 1.51. The molecule has 1 N–H and O–H groups in total. The van der Waals surface area contributed by atoms with Gasteiger partial charge in [-0.05, 0) is 25.7 Å². The Morgan fingerprint density at radius 2 is 2.11 bits per heavy atom. The van der Waals surface area contributed by atoms with Crippen molar-refractivity contribution in [3.8, 4) is 0 Å². The van der Waals surface area contributed by atoms with Crippen LogP contribution in [-0.2, 0) is 16.1 Å². The number of aromatic carboxylic acids is 1. The van der Waals surface area contributed by atoms with E-state index in [1.165, 1.54) is 7.11 Å². The number of hydrogen-bond donors (Lipinski definition) is 1. The lowest BCUT2D eigenvalue weighted by Crippen LogP contribution is -2.25. The average molecular weight is 264 g/mol. The Kier molecular flexibility index (Phi) is 2.80. The fourth-order valence-corrected chi connectivity index (χ4v) is 2.84. The Balaban J connectivity index is 2.12. The lowest BCUT2D eigenvalue weighted by atomic mass is 9.94. The van der Waals surface area contributed by atoms with Crippen molar-refractivity contribution in [3.05, 3.63) is 17.2 Å². The van der Waals surface area contributed by atoms with Crippen molar-refractivity contribution >= 4 is 11.9 Å². The van der Waals surface area contributed by atoms with Gasteiger partial charge in [-0.15, -0.1) is 0 Å². The number of methoxy groups -OCH3 is 1. The number of ether oxygens (including phenoxy) is 1. The minimum absolute atomic E-state index is 0.0250. The van der Waals surface area contributed by atoms with Gasteiger partial charge in [-0.1, -0.05) is 0 Å². The first-order chi connectivity index (χ1) is 9.13. The molecule has 1 unspecified atom stereocenters. The van der Waals surface area contributed by atoms with Gasteiger partial charge in [0.2, 0.25) is 0 Å². The van der Waals surface area contributed by atoms with Crippen molar-refractivity contribution in [2.24, 2.45) is 0 Å². The summed E-state index contributed by atoms with van der Waals surface area (Å²) in [6, 6.07) is 0. The molecule has 19 heavy (non-hydrogen) atoms. The van der Waals surface area contributed by atoms with Crippen LogP contribution in [0.5, 0.6) is 0 Å². The number of carbonyl (C=O) groups excluding carboxylic acids is 1. The first-order valence-electron chi connectivity index (χ1n) is 6.55. The highest BCUT2D eigenvalue weighted by Crippen LogP contribution is 2.43. The van der Waals surface area contributed by atoms with E-state index in [0.717, 1.165) is 31.6 Å². The molecule has 0 amide bonds. The van der Waals surface area contributed by atoms with Crippen LogP contribution in [0.4, 0.5) is 0 Å². The van der Waals surface area contributed by atoms with Gasteiger partial charge in [-0.2, -0.15) is 0 Å². The molecule has 1 atom stereocenters. The molecule has 3 rings (SSSR count). The van der Waals surface area contributed by atoms with Crippen LogP contribution >= 0.6 is 0 Å². The van der Waals surface area contributed by atoms with E-state index in [0.29, 0.717) is 18.0 Å². The molecule has 0 spiro atoms. The fourth-order valence-electron chi connectivity index (χ4n) is 2.84. The van der Waals surface area contributed by atoms with Gasteiger partial charge < -0.3 is 14.4 Å². The molecule has 1 saturated carbocycles. The van der Waals surface area contributed by atoms with E-state index in [1.807, 2.05) is 4.57 Å². The topological polar surface area (TPSA) is 81.4 Å². The van der Waals surface area contributed by atoms with Gasteiger partial charge in [0, 0.05) is 12.5 Å². The monoisotopic (exact) mass is 264 g/mol. The zero-order chi connectivity index (χ0) is 13.6. The highest BCUT2D eigenvalue weighted by molar-refractivity contribution is 5.90. The first-order valence-corrected chi connectivity index (χ1v) is 6.55. The van der Waals surface area contributed by atoms with Gasteiger partial charge in [-0.3, -0.25) is 4.79 Å². The summed E-state index contributed by atoms with van der Waals surface area (Å²) in [7, 11) is 1.33. The number of rotatable bonds is 3. The molecule has 0 aromatic carbocycles. The SMILES string of the molecule is COC(=O)C1CCCn2c(C3CC3)nc(C(=O)O)c21. The van der Waals surface area contributed by atoms with Crippen LogP contribution in [0.25, 0.3) is 0 Å². The molecular weight excluding hydrogens is 248 g/mol. The molecule has 1 aromatic rings. The smallest absolute Gasteiger partial charge is 0.356 e. The molecule has 102 valence electrons. The van der Waals surface area contributed by atoms with E-state index in [-0.39, 0.29) is 11.7 Å². The number of carbonyl (C=O) groups is 2. The molecule has 2 aliphatic rings. The molecule has 6 nitrogen and oxygen atoms in total. The van der Waals surface area contributed by atoms with Crippen LogP contribution < -0.4 is 0 Å².